The van der Waals surface area contributed by atoms with Gasteiger partial charge in [0.1, 0.15) is 5.76 Å². The number of furan rings is 1. The lowest BCUT2D eigenvalue weighted by Gasteiger charge is -2.05. The first-order chi connectivity index (χ1) is 8.35. The number of hydrogen-bond acceptors (Lipinski definition) is 2. The zero-order chi connectivity index (χ0) is 12.1. The molecule has 90 valence electrons. The Morgan fingerprint density at radius 3 is 2.82 bits per heavy atom. The summed E-state index contributed by atoms with van der Waals surface area (Å²) >= 11 is 0. The van der Waals surface area contributed by atoms with E-state index in [1.54, 1.807) is 6.26 Å². The maximum atomic E-state index is 5.53. The molecule has 0 radical (unpaired) electrons. The van der Waals surface area contributed by atoms with Gasteiger partial charge in [-0.25, -0.2) is 0 Å². The number of hydrogen-bond donors (Lipinski definition) is 1. The topological polar surface area (TPSA) is 25.2 Å². The van der Waals surface area contributed by atoms with Crippen molar-refractivity contribution in [3.05, 3.63) is 47.9 Å². The molecular weight excluding hydrogens is 210 g/mol. The van der Waals surface area contributed by atoms with Crippen LogP contribution in [0.5, 0.6) is 0 Å². The summed E-state index contributed by atoms with van der Waals surface area (Å²) in [4.78, 5) is 0. The first-order valence-corrected chi connectivity index (χ1v) is 6.21. The van der Waals surface area contributed by atoms with Gasteiger partial charge in [0.2, 0.25) is 0 Å². The lowest BCUT2D eigenvalue weighted by Crippen LogP contribution is -2.11. The van der Waals surface area contributed by atoms with Crippen LogP contribution in [-0.4, -0.2) is 6.54 Å². The van der Waals surface area contributed by atoms with Gasteiger partial charge in [0, 0.05) is 5.56 Å². The van der Waals surface area contributed by atoms with Gasteiger partial charge in [-0.2, -0.15) is 0 Å². The largest absolute Gasteiger partial charge is 0.467 e. The Hall–Kier alpha value is -1.54. The van der Waals surface area contributed by atoms with Crippen molar-refractivity contribution in [2.75, 3.05) is 6.54 Å². The predicted octanol–water partition coefficient (Wildman–Crippen LogP) is 3.62. The molecule has 1 aromatic carbocycles. The number of nitrogens with one attached hydrogen (secondary N) is 1. The summed E-state index contributed by atoms with van der Waals surface area (Å²) in [5.74, 6) is 1.01. The third-order valence-corrected chi connectivity index (χ3v) is 2.93. The highest BCUT2D eigenvalue weighted by Gasteiger charge is 2.08. The minimum atomic E-state index is 0.787. The van der Waals surface area contributed by atoms with Gasteiger partial charge in [-0.15, -0.1) is 0 Å². The van der Waals surface area contributed by atoms with Crippen LogP contribution in [-0.2, 0) is 13.0 Å². The molecule has 1 aromatic heterocycles. The third-order valence-electron chi connectivity index (χ3n) is 2.93. The summed E-state index contributed by atoms with van der Waals surface area (Å²) in [6, 6.07) is 10.7. The lowest BCUT2D eigenvalue weighted by molar-refractivity contribution is 0.489. The molecule has 0 bridgehead atoms. The van der Waals surface area contributed by atoms with E-state index in [-0.39, 0.29) is 0 Å². The van der Waals surface area contributed by atoms with Gasteiger partial charge >= 0.3 is 0 Å². The first-order valence-electron chi connectivity index (χ1n) is 6.21. The maximum Gasteiger partial charge on any atom is 0.125 e. The molecule has 1 heterocycles. The van der Waals surface area contributed by atoms with E-state index in [0.29, 0.717) is 0 Å². The van der Waals surface area contributed by atoms with Crippen molar-refractivity contribution in [3.63, 3.8) is 0 Å². The van der Waals surface area contributed by atoms with Gasteiger partial charge in [0.15, 0.2) is 0 Å². The molecule has 17 heavy (non-hydrogen) atoms. The zero-order valence-electron chi connectivity index (χ0n) is 10.5. The van der Waals surface area contributed by atoms with Crippen LogP contribution in [0.3, 0.4) is 0 Å². The molecule has 0 aliphatic carbocycles. The highest BCUT2D eigenvalue weighted by molar-refractivity contribution is 5.66. The monoisotopic (exact) mass is 229 g/mol. The van der Waals surface area contributed by atoms with E-state index in [2.05, 4.69) is 43.4 Å². The van der Waals surface area contributed by atoms with Crippen LogP contribution in [0.2, 0.25) is 0 Å². The van der Waals surface area contributed by atoms with E-state index in [1.807, 2.05) is 6.07 Å². The van der Waals surface area contributed by atoms with E-state index in [1.165, 1.54) is 16.7 Å². The van der Waals surface area contributed by atoms with E-state index in [0.717, 1.165) is 25.3 Å². The Balaban J connectivity index is 2.28. The summed E-state index contributed by atoms with van der Waals surface area (Å²) in [7, 11) is 0. The van der Waals surface area contributed by atoms with Crippen molar-refractivity contribution in [1.82, 2.24) is 5.32 Å². The molecule has 0 unspecified atom stereocenters. The van der Waals surface area contributed by atoms with Crippen LogP contribution in [0.4, 0.5) is 0 Å². The molecule has 0 amide bonds. The first kappa shape index (κ1) is 11.9. The molecule has 0 atom stereocenters. The van der Waals surface area contributed by atoms with E-state index in [4.69, 9.17) is 4.42 Å². The predicted molar refractivity (Wildman–Crippen MR) is 70.9 cm³/mol. The molecule has 1 N–H and O–H groups in total. The molecule has 0 spiro atoms. The number of aryl methyl sites for hydroxylation is 1. The van der Waals surface area contributed by atoms with Crippen molar-refractivity contribution in [2.45, 2.75) is 26.8 Å². The van der Waals surface area contributed by atoms with Crippen LogP contribution in [0.25, 0.3) is 11.1 Å². The normalized spacial score (nSPS) is 10.7. The van der Waals surface area contributed by atoms with Crippen LogP contribution in [0.15, 0.2) is 41.0 Å². The second-order valence-corrected chi connectivity index (χ2v) is 4.09. The van der Waals surface area contributed by atoms with Crippen LogP contribution in [0, 0.1) is 0 Å². The summed E-state index contributed by atoms with van der Waals surface area (Å²) in [5, 5.41) is 3.30. The highest BCUT2D eigenvalue weighted by Crippen LogP contribution is 2.25. The fraction of sp³-hybridized carbons (Fsp3) is 0.333. The van der Waals surface area contributed by atoms with Crippen LogP contribution < -0.4 is 5.32 Å². The molecule has 2 heteroatoms. The van der Waals surface area contributed by atoms with Gasteiger partial charge in [0.25, 0.3) is 0 Å². The summed E-state index contributed by atoms with van der Waals surface area (Å²) in [6.07, 6.45) is 2.83. The van der Waals surface area contributed by atoms with Crippen molar-refractivity contribution in [3.8, 4) is 11.1 Å². The van der Waals surface area contributed by atoms with Gasteiger partial charge in [-0.1, -0.05) is 38.1 Å². The Morgan fingerprint density at radius 2 is 2.06 bits per heavy atom. The minimum Gasteiger partial charge on any atom is -0.467 e. The van der Waals surface area contributed by atoms with Gasteiger partial charge in [-0.3, -0.25) is 0 Å². The average molecular weight is 229 g/mol. The fourth-order valence-electron chi connectivity index (χ4n) is 1.93. The van der Waals surface area contributed by atoms with Crippen LogP contribution >= 0.6 is 0 Å². The molecule has 2 rings (SSSR count). The average Bonchev–Trinajstić information content (AvgIpc) is 2.84. The van der Waals surface area contributed by atoms with Gasteiger partial charge in [-0.05, 0) is 30.2 Å². The molecule has 2 aromatic rings. The Bertz CT molecular complexity index is 473. The smallest absolute Gasteiger partial charge is 0.125 e. The Morgan fingerprint density at radius 1 is 1.18 bits per heavy atom. The van der Waals surface area contributed by atoms with Crippen molar-refractivity contribution >= 4 is 0 Å². The Kier molecular flexibility index (Phi) is 3.99. The molecule has 0 saturated heterocycles. The van der Waals surface area contributed by atoms with Gasteiger partial charge < -0.3 is 9.73 Å². The van der Waals surface area contributed by atoms with E-state index < -0.39 is 0 Å². The summed E-state index contributed by atoms with van der Waals surface area (Å²) in [6.45, 7) is 6.01. The van der Waals surface area contributed by atoms with Gasteiger partial charge in [0.05, 0.1) is 12.8 Å². The fourth-order valence-corrected chi connectivity index (χ4v) is 1.93. The molecule has 0 aliphatic rings. The Labute approximate surface area is 103 Å². The zero-order valence-corrected chi connectivity index (χ0v) is 10.5. The SMILES string of the molecule is CCNCc1occc1-c1cccc(CC)c1. The summed E-state index contributed by atoms with van der Waals surface area (Å²) in [5.41, 5.74) is 3.80. The number of rotatable bonds is 5. The molecule has 0 aliphatic heterocycles. The summed E-state index contributed by atoms with van der Waals surface area (Å²) < 4.78 is 5.53. The number of benzene rings is 1. The van der Waals surface area contributed by atoms with Crippen molar-refractivity contribution < 1.29 is 4.42 Å². The van der Waals surface area contributed by atoms with Crippen molar-refractivity contribution in [1.29, 1.82) is 0 Å². The third kappa shape index (κ3) is 2.77. The lowest BCUT2D eigenvalue weighted by atomic mass is 10.0. The second-order valence-electron chi connectivity index (χ2n) is 4.09. The molecule has 0 fully saturated rings. The van der Waals surface area contributed by atoms with Crippen LogP contribution in [0.1, 0.15) is 25.2 Å². The molecular formula is C15H19NO. The van der Waals surface area contributed by atoms with E-state index in [9.17, 15) is 0 Å². The minimum absolute atomic E-state index is 0.787. The quantitative estimate of drug-likeness (QED) is 0.847. The molecule has 2 nitrogen and oxygen atoms in total. The molecule has 0 saturated carbocycles. The standard InChI is InChI=1S/C15H19NO/c1-3-12-6-5-7-13(10-12)14-8-9-17-15(14)11-16-4-2/h5-10,16H,3-4,11H2,1-2H3. The van der Waals surface area contributed by atoms with E-state index >= 15 is 0 Å². The van der Waals surface area contributed by atoms with Crippen molar-refractivity contribution in [2.24, 2.45) is 0 Å². The second kappa shape index (κ2) is 5.69. The maximum absolute atomic E-state index is 5.53. The highest BCUT2D eigenvalue weighted by atomic mass is 16.3.